The lowest BCUT2D eigenvalue weighted by molar-refractivity contribution is -0.132. The highest BCUT2D eigenvalue weighted by molar-refractivity contribution is 5.77. The topological polar surface area (TPSA) is 62.7 Å². The standard InChI is InChI=1S/C15H25N3O2/c1-12(16)13-5-3-7-18(9-13)11-15(19)17(2)10-14-6-4-8-20-14/h4,6,8,12-13H,3,5,7,9-11,16H2,1-2H3. The highest BCUT2D eigenvalue weighted by atomic mass is 16.3. The van der Waals surface area contributed by atoms with Crippen LogP contribution in [0.4, 0.5) is 0 Å². The maximum Gasteiger partial charge on any atom is 0.236 e. The molecule has 2 atom stereocenters. The number of likely N-dealkylation sites (N-methyl/N-ethyl adjacent to an activating group) is 1. The predicted molar refractivity (Wildman–Crippen MR) is 78.0 cm³/mol. The highest BCUT2D eigenvalue weighted by Crippen LogP contribution is 2.18. The molecule has 2 rings (SSSR count). The average molecular weight is 279 g/mol. The molecule has 2 unspecified atom stereocenters. The number of likely N-dealkylation sites (tertiary alicyclic amines) is 1. The van der Waals surface area contributed by atoms with E-state index in [0.29, 0.717) is 19.0 Å². The summed E-state index contributed by atoms with van der Waals surface area (Å²) in [5.41, 5.74) is 5.98. The van der Waals surface area contributed by atoms with Gasteiger partial charge in [0.1, 0.15) is 5.76 Å². The number of carbonyl (C=O) groups excluding carboxylic acids is 1. The molecule has 5 nitrogen and oxygen atoms in total. The molecule has 5 heteroatoms. The Kier molecular flexibility index (Phi) is 5.20. The zero-order valence-corrected chi connectivity index (χ0v) is 12.4. The number of carbonyl (C=O) groups is 1. The molecule has 0 bridgehead atoms. The Balaban J connectivity index is 1.81. The van der Waals surface area contributed by atoms with E-state index in [9.17, 15) is 4.79 Å². The molecule has 112 valence electrons. The zero-order chi connectivity index (χ0) is 14.5. The third-order valence-electron chi connectivity index (χ3n) is 4.04. The van der Waals surface area contributed by atoms with Crippen molar-refractivity contribution in [3.63, 3.8) is 0 Å². The number of hydrogen-bond donors (Lipinski definition) is 1. The number of nitrogens with two attached hydrogens (primary N) is 1. The summed E-state index contributed by atoms with van der Waals surface area (Å²) in [6.45, 7) is 4.97. The molecule has 1 fully saturated rings. The summed E-state index contributed by atoms with van der Waals surface area (Å²) < 4.78 is 5.27. The Labute approximate surface area is 120 Å². The molecular formula is C15H25N3O2. The van der Waals surface area contributed by atoms with E-state index in [-0.39, 0.29) is 11.9 Å². The number of furan rings is 1. The van der Waals surface area contributed by atoms with Crippen molar-refractivity contribution in [2.24, 2.45) is 11.7 Å². The largest absolute Gasteiger partial charge is 0.467 e. The Morgan fingerprint density at radius 3 is 3.10 bits per heavy atom. The van der Waals surface area contributed by atoms with E-state index in [1.54, 1.807) is 11.2 Å². The number of amides is 1. The Hall–Kier alpha value is -1.33. The Morgan fingerprint density at radius 1 is 1.65 bits per heavy atom. The van der Waals surface area contributed by atoms with Crippen molar-refractivity contribution in [1.82, 2.24) is 9.80 Å². The first-order chi connectivity index (χ1) is 9.56. The van der Waals surface area contributed by atoms with Crippen LogP contribution >= 0.6 is 0 Å². The second-order valence-corrected chi connectivity index (χ2v) is 5.83. The van der Waals surface area contributed by atoms with Gasteiger partial charge in [-0.1, -0.05) is 0 Å². The summed E-state index contributed by atoms with van der Waals surface area (Å²) >= 11 is 0. The fourth-order valence-electron chi connectivity index (χ4n) is 2.70. The highest BCUT2D eigenvalue weighted by Gasteiger charge is 2.24. The molecule has 20 heavy (non-hydrogen) atoms. The van der Waals surface area contributed by atoms with Crippen LogP contribution in [0, 0.1) is 5.92 Å². The van der Waals surface area contributed by atoms with E-state index in [0.717, 1.165) is 25.3 Å². The third kappa shape index (κ3) is 4.08. The number of piperidine rings is 1. The van der Waals surface area contributed by atoms with Gasteiger partial charge in [-0.25, -0.2) is 0 Å². The summed E-state index contributed by atoms with van der Waals surface area (Å²) in [5.74, 6) is 1.45. The molecule has 0 aliphatic carbocycles. The molecule has 1 amide bonds. The summed E-state index contributed by atoms with van der Waals surface area (Å²) in [4.78, 5) is 16.2. The molecule has 1 saturated heterocycles. The van der Waals surface area contributed by atoms with Gasteiger partial charge in [-0.2, -0.15) is 0 Å². The molecule has 0 aromatic carbocycles. The van der Waals surface area contributed by atoms with E-state index < -0.39 is 0 Å². The van der Waals surface area contributed by atoms with Gasteiger partial charge in [0.05, 0.1) is 19.4 Å². The minimum absolute atomic E-state index is 0.131. The van der Waals surface area contributed by atoms with Crippen molar-refractivity contribution in [3.8, 4) is 0 Å². The SMILES string of the molecule is CC(N)C1CCCN(CC(=O)N(C)Cc2ccco2)C1. The molecule has 2 heterocycles. The van der Waals surface area contributed by atoms with Crippen LogP contribution in [-0.4, -0.2) is 48.4 Å². The summed E-state index contributed by atoms with van der Waals surface area (Å²) in [6, 6.07) is 3.93. The third-order valence-corrected chi connectivity index (χ3v) is 4.04. The first-order valence-corrected chi connectivity index (χ1v) is 7.30. The maximum atomic E-state index is 12.2. The van der Waals surface area contributed by atoms with Crippen molar-refractivity contribution in [2.75, 3.05) is 26.7 Å². The van der Waals surface area contributed by atoms with E-state index in [1.807, 2.05) is 19.2 Å². The van der Waals surface area contributed by atoms with Crippen molar-refractivity contribution < 1.29 is 9.21 Å². The lowest BCUT2D eigenvalue weighted by Crippen LogP contribution is -2.46. The van der Waals surface area contributed by atoms with Gasteiger partial charge in [-0.15, -0.1) is 0 Å². The quantitative estimate of drug-likeness (QED) is 0.882. The van der Waals surface area contributed by atoms with Crippen molar-refractivity contribution in [2.45, 2.75) is 32.4 Å². The molecule has 1 aliphatic heterocycles. The lowest BCUT2D eigenvalue weighted by atomic mass is 9.92. The molecule has 0 spiro atoms. The van der Waals surface area contributed by atoms with E-state index in [1.165, 1.54) is 6.42 Å². The van der Waals surface area contributed by atoms with Gasteiger partial charge < -0.3 is 15.1 Å². The van der Waals surface area contributed by atoms with E-state index >= 15 is 0 Å². The first kappa shape index (κ1) is 15.1. The van der Waals surface area contributed by atoms with Crippen LogP contribution in [0.25, 0.3) is 0 Å². The van der Waals surface area contributed by atoms with Gasteiger partial charge in [0, 0.05) is 19.6 Å². The number of rotatable bonds is 5. The van der Waals surface area contributed by atoms with E-state index in [2.05, 4.69) is 11.8 Å². The predicted octanol–water partition coefficient (Wildman–Crippen LogP) is 1.30. The van der Waals surface area contributed by atoms with Crippen LogP contribution < -0.4 is 5.73 Å². The van der Waals surface area contributed by atoms with Crippen LogP contribution in [0.15, 0.2) is 22.8 Å². The van der Waals surface area contributed by atoms with Crippen molar-refractivity contribution in [1.29, 1.82) is 0 Å². The molecule has 1 aromatic rings. The van der Waals surface area contributed by atoms with Gasteiger partial charge in [0.25, 0.3) is 0 Å². The molecule has 1 aliphatic rings. The van der Waals surface area contributed by atoms with Crippen LogP contribution in [0.2, 0.25) is 0 Å². The minimum Gasteiger partial charge on any atom is -0.467 e. The second-order valence-electron chi connectivity index (χ2n) is 5.83. The Morgan fingerprint density at radius 2 is 2.45 bits per heavy atom. The van der Waals surface area contributed by atoms with E-state index in [4.69, 9.17) is 10.2 Å². The van der Waals surface area contributed by atoms with Gasteiger partial charge in [0.2, 0.25) is 5.91 Å². The van der Waals surface area contributed by atoms with Gasteiger partial charge in [-0.05, 0) is 44.4 Å². The van der Waals surface area contributed by atoms with Crippen LogP contribution in [0.3, 0.4) is 0 Å². The molecule has 0 radical (unpaired) electrons. The van der Waals surface area contributed by atoms with Gasteiger partial charge in [0.15, 0.2) is 0 Å². The fraction of sp³-hybridized carbons (Fsp3) is 0.667. The van der Waals surface area contributed by atoms with Crippen molar-refractivity contribution in [3.05, 3.63) is 24.2 Å². The smallest absolute Gasteiger partial charge is 0.236 e. The monoisotopic (exact) mass is 279 g/mol. The van der Waals surface area contributed by atoms with Crippen molar-refractivity contribution >= 4 is 5.91 Å². The zero-order valence-electron chi connectivity index (χ0n) is 12.4. The summed E-state index contributed by atoms with van der Waals surface area (Å²) in [6.07, 6.45) is 3.93. The second kappa shape index (κ2) is 6.90. The average Bonchev–Trinajstić information content (AvgIpc) is 2.91. The fourth-order valence-corrected chi connectivity index (χ4v) is 2.70. The summed E-state index contributed by atoms with van der Waals surface area (Å²) in [7, 11) is 1.82. The van der Waals surface area contributed by atoms with Crippen LogP contribution in [-0.2, 0) is 11.3 Å². The number of nitrogens with zero attached hydrogens (tertiary/aromatic N) is 2. The molecular weight excluding hydrogens is 254 g/mol. The first-order valence-electron chi connectivity index (χ1n) is 7.30. The molecule has 2 N–H and O–H groups in total. The van der Waals surface area contributed by atoms with Gasteiger partial charge >= 0.3 is 0 Å². The number of hydrogen-bond acceptors (Lipinski definition) is 4. The lowest BCUT2D eigenvalue weighted by Gasteiger charge is -2.34. The summed E-state index contributed by atoms with van der Waals surface area (Å²) in [5, 5.41) is 0. The maximum absolute atomic E-state index is 12.2. The Bertz CT molecular complexity index is 417. The molecule has 1 aromatic heterocycles. The van der Waals surface area contributed by atoms with Crippen LogP contribution in [0.5, 0.6) is 0 Å². The van der Waals surface area contributed by atoms with Crippen LogP contribution in [0.1, 0.15) is 25.5 Å². The molecule has 0 saturated carbocycles. The van der Waals surface area contributed by atoms with Gasteiger partial charge in [-0.3, -0.25) is 9.69 Å². The normalized spacial score (nSPS) is 21.6. The minimum atomic E-state index is 0.131.